The van der Waals surface area contributed by atoms with Gasteiger partial charge in [0.15, 0.2) is 17.5 Å². The fourth-order valence-corrected chi connectivity index (χ4v) is 6.01. The van der Waals surface area contributed by atoms with Crippen molar-refractivity contribution in [3.8, 4) is 45.6 Å². The largest absolute Gasteiger partial charge is 0.491 e. The number of sulfonamides is 1. The summed E-state index contributed by atoms with van der Waals surface area (Å²) in [5.41, 5.74) is 4.65. The minimum absolute atomic E-state index is 0.295. The van der Waals surface area contributed by atoms with Gasteiger partial charge in [-0.3, -0.25) is 4.72 Å². The molecule has 0 aliphatic carbocycles. The summed E-state index contributed by atoms with van der Waals surface area (Å²) >= 11 is 0. The quantitative estimate of drug-likeness (QED) is 0.140. The van der Waals surface area contributed by atoms with Gasteiger partial charge in [-0.15, -0.1) is 10.2 Å². The molecule has 0 bridgehead atoms. The number of hydrogen-bond donors (Lipinski definition) is 1. The lowest BCUT2D eigenvalue weighted by Crippen LogP contribution is -2.12. The second-order valence-corrected chi connectivity index (χ2v) is 13.1. The monoisotopic (exact) mass is 687 g/mol. The van der Waals surface area contributed by atoms with E-state index in [1.165, 1.54) is 0 Å². The van der Waals surface area contributed by atoms with E-state index in [0.29, 0.717) is 71.9 Å². The molecule has 5 aromatic carbocycles. The Morgan fingerprint density at radius 2 is 1.36 bits per heavy atom. The molecule has 0 spiro atoms. The molecular formula is C37H33N7O5S. The topological polar surface area (TPSA) is 143 Å². The van der Waals surface area contributed by atoms with E-state index < -0.39 is 10.0 Å². The van der Waals surface area contributed by atoms with Crippen molar-refractivity contribution in [3.05, 3.63) is 109 Å². The normalized spacial score (nSPS) is 11.6. The summed E-state index contributed by atoms with van der Waals surface area (Å²) < 4.78 is 44.4. The molecule has 0 atom stereocenters. The molecule has 0 saturated carbocycles. The van der Waals surface area contributed by atoms with E-state index in [1.54, 1.807) is 11.9 Å². The molecule has 13 heteroatoms. The first-order chi connectivity index (χ1) is 24.3. The number of benzene rings is 5. The van der Waals surface area contributed by atoms with E-state index in [4.69, 9.17) is 29.2 Å². The standard InChI is InChI=1S/C37H33N7O5S/c1-47-20-21-48-22-23-49-29-10-7-9-27(24-29)36-38-35(26-14-17-28(18-15-26)44-41-32-12-5-6-13-33(32)42-44)39-37(40-36)31-19-16-25-8-3-4-11-30(25)34(31)43-50(2,45)46/h3-19,24,43H,20-23H2,1-2H3. The number of hydrogen-bond acceptors (Lipinski definition) is 10. The van der Waals surface area contributed by atoms with Crippen molar-refractivity contribution in [3.63, 3.8) is 0 Å². The summed E-state index contributed by atoms with van der Waals surface area (Å²) in [6.45, 7) is 1.76. The number of fused-ring (bicyclic) bond motifs is 2. The van der Waals surface area contributed by atoms with Crippen molar-refractivity contribution < 1.29 is 22.6 Å². The van der Waals surface area contributed by atoms with Crippen molar-refractivity contribution in [1.29, 1.82) is 0 Å². The van der Waals surface area contributed by atoms with Gasteiger partial charge in [0.2, 0.25) is 10.0 Å². The average Bonchev–Trinajstić information content (AvgIpc) is 3.57. The van der Waals surface area contributed by atoms with Gasteiger partial charge in [-0.2, -0.15) is 4.80 Å². The Morgan fingerprint density at radius 1 is 0.680 bits per heavy atom. The van der Waals surface area contributed by atoms with Gasteiger partial charge in [0.05, 0.1) is 37.5 Å². The molecule has 7 aromatic rings. The lowest BCUT2D eigenvalue weighted by molar-refractivity contribution is 0.0544. The number of aromatic nitrogens is 6. The van der Waals surface area contributed by atoms with Gasteiger partial charge in [-0.25, -0.2) is 23.4 Å². The van der Waals surface area contributed by atoms with Crippen LogP contribution in [0.5, 0.6) is 5.75 Å². The number of rotatable bonds is 13. The van der Waals surface area contributed by atoms with Crippen LogP contribution in [-0.2, 0) is 19.5 Å². The highest BCUT2D eigenvalue weighted by atomic mass is 32.2. The van der Waals surface area contributed by atoms with Gasteiger partial charge in [-0.1, -0.05) is 54.6 Å². The van der Waals surface area contributed by atoms with Gasteiger partial charge in [0.1, 0.15) is 23.4 Å². The second kappa shape index (κ2) is 14.4. The Kier molecular flexibility index (Phi) is 9.43. The predicted molar refractivity (Wildman–Crippen MR) is 193 cm³/mol. The van der Waals surface area contributed by atoms with E-state index in [1.807, 2.05) is 109 Å². The zero-order valence-electron chi connectivity index (χ0n) is 27.4. The zero-order chi connectivity index (χ0) is 34.5. The van der Waals surface area contributed by atoms with Gasteiger partial charge in [-0.05, 0) is 60.0 Å². The molecule has 2 aromatic heterocycles. The fourth-order valence-electron chi connectivity index (χ4n) is 5.41. The number of anilines is 1. The maximum Gasteiger partial charge on any atom is 0.229 e. The third-order valence-corrected chi connectivity index (χ3v) is 8.33. The summed E-state index contributed by atoms with van der Waals surface area (Å²) in [5.74, 6) is 1.69. The molecule has 252 valence electrons. The predicted octanol–water partition coefficient (Wildman–Crippen LogP) is 6.17. The molecule has 50 heavy (non-hydrogen) atoms. The van der Waals surface area contributed by atoms with Crippen LogP contribution in [0.15, 0.2) is 109 Å². The molecule has 7 rings (SSSR count). The maximum absolute atomic E-state index is 12.6. The molecule has 0 unspecified atom stereocenters. The molecule has 0 aliphatic rings. The highest BCUT2D eigenvalue weighted by Crippen LogP contribution is 2.36. The number of methoxy groups -OCH3 is 1. The number of nitrogens with zero attached hydrogens (tertiary/aromatic N) is 6. The highest BCUT2D eigenvalue weighted by Gasteiger charge is 2.19. The Balaban J connectivity index is 1.30. The maximum atomic E-state index is 12.6. The molecule has 0 radical (unpaired) electrons. The summed E-state index contributed by atoms with van der Waals surface area (Å²) in [4.78, 5) is 16.2. The van der Waals surface area contributed by atoms with Crippen LogP contribution in [0.4, 0.5) is 5.69 Å². The highest BCUT2D eigenvalue weighted by molar-refractivity contribution is 7.92. The van der Waals surface area contributed by atoms with Crippen LogP contribution in [0.1, 0.15) is 0 Å². The Hall–Kier alpha value is -5.76. The van der Waals surface area contributed by atoms with Crippen LogP contribution in [-0.4, -0.2) is 78.2 Å². The Morgan fingerprint density at radius 3 is 2.10 bits per heavy atom. The molecule has 0 aliphatic heterocycles. The average molecular weight is 688 g/mol. The van der Waals surface area contributed by atoms with E-state index in [9.17, 15) is 8.42 Å². The smallest absolute Gasteiger partial charge is 0.229 e. The fraction of sp³-hybridized carbons (Fsp3) is 0.162. The van der Waals surface area contributed by atoms with Crippen LogP contribution in [0.25, 0.3) is 61.7 Å². The second-order valence-electron chi connectivity index (χ2n) is 11.4. The molecule has 0 saturated heterocycles. The van der Waals surface area contributed by atoms with E-state index >= 15 is 0 Å². The van der Waals surface area contributed by atoms with Crippen LogP contribution in [0.2, 0.25) is 0 Å². The van der Waals surface area contributed by atoms with Crippen molar-refractivity contribution in [2.45, 2.75) is 0 Å². The minimum atomic E-state index is -3.66. The van der Waals surface area contributed by atoms with E-state index in [2.05, 4.69) is 14.9 Å². The number of nitrogens with one attached hydrogen (secondary N) is 1. The van der Waals surface area contributed by atoms with Crippen molar-refractivity contribution >= 4 is 37.5 Å². The van der Waals surface area contributed by atoms with Crippen molar-refractivity contribution in [1.82, 2.24) is 29.9 Å². The molecule has 2 heterocycles. The SMILES string of the molecule is COCCOCCOc1cccc(-c2nc(-c3ccc(-n4nc5ccccc5n4)cc3)nc(-c3ccc4ccccc4c3NS(C)(=O)=O)n2)c1. The van der Waals surface area contributed by atoms with Crippen LogP contribution in [0, 0.1) is 0 Å². The van der Waals surface area contributed by atoms with E-state index in [0.717, 1.165) is 33.9 Å². The van der Waals surface area contributed by atoms with Gasteiger partial charge >= 0.3 is 0 Å². The number of ether oxygens (including phenoxy) is 3. The van der Waals surface area contributed by atoms with Crippen LogP contribution < -0.4 is 9.46 Å². The van der Waals surface area contributed by atoms with Gasteiger partial charge in [0, 0.05) is 29.2 Å². The lowest BCUT2D eigenvalue weighted by Gasteiger charge is -2.15. The van der Waals surface area contributed by atoms with E-state index in [-0.39, 0.29) is 0 Å². The molecule has 0 amide bonds. The lowest BCUT2D eigenvalue weighted by atomic mass is 10.0. The van der Waals surface area contributed by atoms with Crippen molar-refractivity contribution in [2.75, 3.05) is 44.5 Å². The first-order valence-corrected chi connectivity index (χ1v) is 17.7. The van der Waals surface area contributed by atoms with Gasteiger partial charge in [0.25, 0.3) is 0 Å². The van der Waals surface area contributed by atoms with Crippen LogP contribution >= 0.6 is 0 Å². The minimum Gasteiger partial charge on any atom is -0.491 e. The Labute approximate surface area is 288 Å². The van der Waals surface area contributed by atoms with Gasteiger partial charge < -0.3 is 14.2 Å². The molecular weight excluding hydrogens is 655 g/mol. The third kappa shape index (κ3) is 7.44. The summed E-state index contributed by atoms with van der Waals surface area (Å²) in [6.07, 6.45) is 1.12. The Bertz CT molecular complexity index is 2370. The molecule has 12 nitrogen and oxygen atoms in total. The zero-order valence-corrected chi connectivity index (χ0v) is 28.2. The van der Waals surface area contributed by atoms with Crippen LogP contribution in [0.3, 0.4) is 0 Å². The first-order valence-electron chi connectivity index (χ1n) is 15.8. The third-order valence-electron chi connectivity index (χ3n) is 7.76. The first kappa shape index (κ1) is 32.8. The summed E-state index contributed by atoms with van der Waals surface area (Å²) in [7, 11) is -2.03. The van der Waals surface area contributed by atoms with Crippen molar-refractivity contribution in [2.24, 2.45) is 0 Å². The molecule has 0 fully saturated rings. The summed E-state index contributed by atoms with van der Waals surface area (Å²) in [5, 5.41) is 10.8. The summed E-state index contributed by atoms with van der Waals surface area (Å²) in [6, 6.07) is 34.0. The molecule has 1 N–H and O–H groups in total.